The molecule has 0 spiro atoms. The molecule has 0 radical (unpaired) electrons. The van der Waals surface area contributed by atoms with Gasteiger partial charge in [0, 0.05) is 44.2 Å². The molecule has 1 N–H and O–H groups in total. The number of rotatable bonds is 5. The lowest BCUT2D eigenvalue weighted by atomic mass is 10.2. The van der Waals surface area contributed by atoms with Crippen molar-refractivity contribution in [2.45, 2.75) is 6.92 Å². The second-order valence-corrected chi connectivity index (χ2v) is 5.87. The summed E-state index contributed by atoms with van der Waals surface area (Å²) >= 11 is 1.80. The van der Waals surface area contributed by atoms with E-state index in [2.05, 4.69) is 52.8 Å². The highest BCUT2D eigenvalue weighted by molar-refractivity contribution is 8.00. The second kappa shape index (κ2) is 7.02. The maximum atomic E-state index is 3.41. The maximum Gasteiger partial charge on any atom is 0.0442 e. The van der Waals surface area contributed by atoms with Crippen molar-refractivity contribution in [1.82, 2.24) is 9.80 Å². The highest BCUT2D eigenvalue weighted by Crippen LogP contribution is 2.14. The Balaban J connectivity index is 1.61. The van der Waals surface area contributed by atoms with Gasteiger partial charge in [0.05, 0.1) is 0 Å². The first-order chi connectivity index (χ1) is 8.74. The summed E-state index contributed by atoms with van der Waals surface area (Å²) in [5.41, 5.74) is 2.51. The molecule has 0 aromatic heterocycles. The average molecular weight is 265 g/mol. The Morgan fingerprint density at radius 3 is 2.72 bits per heavy atom. The van der Waals surface area contributed by atoms with E-state index in [1.54, 1.807) is 11.9 Å². The number of benzene rings is 1. The fourth-order valence-corrected chi connectivity index (χ4v) is 2.83. The Labute approximate surface area is 115 Å². The van der Waals surface area contributed by atoms with Crippen LogP contribution >= 0.6 is 11.9 Å². The van der Waals surface area contributed by atoms with Gasteiger partial charge in [-0.3, -0.25) is 4.90 Å². The largest absolute Gasteiger partial charge is 0.330 e. The zero-order chi connectivity index (χ0) is 12.8. The molecule has 100 valence electrons. The van der Waals surface area contributed by atoms with Crippen LogP contribution in [0.2, 0.25) is 0 Å². The quantitative estimate of drug-likeness (QED) is 0.650. The fourth-order valence-electron chi connectivity index (χ4n) is 2.09. The molecule has 18 heavy (non-hydrogen) atoms. The van der Waals surface area contributed by atoms with Crippen LogP contribution in [0.3, 0.4) is 0 Å². The van der Waals surface area contributed by atoms with Crippen LogP contribution in [0.25, 0.3) is 0 Å². The van der Waals surface area contributed by atoms with Crippen molar-refractivity contribution in [1.29, 1.82) is 0 Å². The Hall–Kier alpha value is -0.710. The molecule has 1 heterocycles. The van der Waals surface area contributed by atoms with Crippen molar-refractivity contribution in [3.05, 3.63) is 29.8 Å². The van der Waals surface area contributed by atoms with E-state index < -0.39 is 0 Å². The van der Waals surface area contributed by atoms with Crippen LogP contribution in [-0.2, 0) is 0 Å². The maximum absolute atomic E-state index is 3.41. The van der Waals surface area contributed by atoms with Crippen molar-refractivity contribution in [2.24, 2.45) is 0 Å². The average Bonchev–Trinajstić information content (AvgIpc) is 2.37. The van der Waals surface area contributed by atoms with Crippen LogP contribution < -0.4 is 4.72 Å². The molecule has 0 amide bonds. The van der Waals surface area contributed by atoms with E-state index in [1.807, 2.05) is 0 Å². The van der Waals surface area contributed by atoms with E-state index in [0.29, 0.717) is 0 Å². The van der Waals surface area contributed by atoms with Gasteiger partial charge in [0.25, 0.3) is 0 Å². The topological polar surface area (TPSA) is 18.5 Å². The standard InChI is InChI=1S/C14H23N3S/c1-13-4-3-5-14(12-13)15-18-11-10-17-8-6-16(2)7-9-17/h3-5,12,15H,6-11H2,1-2H3. The van der Waals surface area contributed by atoms with Crippen LogP contribution in [0.15, 0.2) is 24.3 Å². The molecule has 0 bridgehead atoms. The first-order valence-electron chi connectivity index (χ1n) is 6.59. The Kier molecular flexibility index (Phi) is 5.35. The van der Waals surface area contributed by atoms with Crippen molar-refractivity contribution < 1.29 is 0 Å². The van der Waals surface area contributed by atoms with E-state index >= 15 is 0 Å². The summed E-state index contributed by atoms with van der Waals surface area (Å²) in [7, 11) is 2.20. The molecular formula is C14H23N3S. The summed E-state index contributed by atoms with van der Waals surface area (Å²) in [5, 5.41) is 0. The van der Waals surface area contributed by atoms with Gasteiger partial charge in [0.2, 0.25) is 0 Å². The lowest BCUT2D eigenvalue weighted by Crippen LogP contribution is -2.45. The minimum absolute atomic E-state index is 1.14. The molecule has 0 saturated carbocycles. The van der Waals surface area contributed by atoms with Crippen LogP contribution in [-0.4, -0.2) is 55.3 Å². The lowest BCUT2D eigenvalue weighted by molar-refractivity contribution is 0.161. The SMILES string of the molecule is Cc1cccc(NSCCN2CCN(C)CC2)c1. The third kappa shape index (κ3) is 4.52. The zero-order valence-electron chi connectivity index (χ0n) is 11.4. The minimum Gasteiger partial charge on any atom is -0.330 e. The van der Waals surface area contributed by atoms with Crippen molar-refractivity contribution >= 4 is 17.6 Å². The molecule has 0 atom stereocenters. The monoisotopic (exact) mass is 265 g/mol. The molecule has 1 aliphatic heterocycles. The van der Waals surface area contributed by atoms with Gasteiger partial charge in [-0.15, -0.1) is 0 Å². The third-order valence-electron chi connectivity index (χ3n) is 3.31. The van der Waals surface area contributed by atoms with Crippen LogP contribution in [0.5, 0.6) is 0 Å². The van der Waals surface area contributed by atoms with E-state index in [9.17, 15) is 0 Å². The molecule has 3 nitrogen and oxygen atoms in total. The van der Waals surface area contributed by atoms with Gasteiger partial charge in [-0.2, -0.15) is 0 Å². The van der Waals surface area contributed by atoms with E-state index in [1.165, 1.54) is 44.0 Å². The van der Waals surface area contributed by atoms with Gasteiger partial charge in [0.15, 0.2) is 0 Å². The highest BCUT2D eigenvalue weighted by atomic mass is 32.2. The molecule has 1 aromatic carbocycles. The second-order valence-electron chi connectivity index (χ2n) is 4.96. The summed E-state index contributed by atoms with van der Waals surface area (Å²) in [6.45, 7) is 8.13. The molecule has 0 aliphatic carbocycles. The fraction of sp³-hybridized carbons (Fsp3) is 0.571. The summed E-state index contributed by atoms with van der Waals surface area (Å²) in [6, 6.07) is 8.53. The molecule has 1 aliphatic rings. The van der Waals surface area contributed by atoms with Crippen LogP contribution in [0.1, 0.15) is 5.56 Å². The lowest BCUT2D eigenvalue weighted by Gasteiger charge is -2.32. The first kappa shape index (κ1) is 13.7. The number of anilines is 1. The summed E-state index contributed by atoms with van der Waals surface area (Å²) in [4.78, 5) is 4.94. The van der Waals surface area contributed by atoms with Gasteiger partial charge in [-0.25, -0.2) is 0 Å². The van der Waals surface area contributed by atoms with Crippen molar-refractivity contribution in [3.63, 3.8) is 0 Å². The Morgan fingerprint density at radius 1 is 1.22 bits per heavy atom. The van der Waals surface area contributed by atoms with Gasteiger partial charge in [-0.1, -0.05) is 24.1 Å². The summed E-state index contributed by atoms with van der Waals surface area (Å²) in [5.74, 6) is 1.14. The number of nitrogens with one attached hydrogen (secondary N) is 1. The molecule has 1 fully saturated rings. The predicted octanol–water partition coefficient (Wildman–Crippen LogP) is 2.30. The molecule has 1 aromatic rings. The van der Waals surface area contributed by atoms with Gasteiger partial charge in [0.1, 0.15) is 0 Å². The summed E-state index contributed by atoms with van der Waals surface area (Å²) in [6.07, 6.45) is 0. The zero-order valence-corrected chi connectivity index (χ0v) is 12.2. The van der Waals surface area contributed by atoms with Crippen LogP contribution in [0, 0.1) is 6.92 Å². The normalized spacial score (nSPS) is 17.9. The van der Waals surface area contributed by atoms with E-state index in [4.69, 9.17) is 0 Å². The Morgan fingerprint density at radius 2 is 2.00 bits per heavy atom. The number of hydrogen-bond acceptors (Lipinski definition) is 4. The highest BCUT2D eigenvalue weighted by Gasteiger charge is 2.12. The number of aryl methyl sites for hydroxylation is 1. The first-order valence-corrected chi connectivity index (χ1v) is 7.58. The van der Waals surface area contributed by atoms with Gasteiger partial charge < -0.3 is 9.62 Å². The van der Waals surface area contributed by atoms with Crippen molar-refractivity contribution in [2.75, 3.05) is 50.2 Å². The summed E-state index contributed by atoms with van der Waals surface area (Å²) < 4.78 is 3.41. The number of likely N-dealkylation sites (N-methyl/N-ethyl adjacent to an activating group) is 1. The van der Waals surface area contributed by atoms with E-state index in [-0.39, 0.29) is 0 Å². The van der Waals surface area contributed by atoms with Crippen molar-refractivity contribution in [3.8, 4) is 0 Å². The van der Waals surface area contributed by atoms with Crippen LogP contribution in [0.4, 0.5) is 5.69 Å². The van der Waals surface area contributed by atoms with Gasteiger partial charge in [-0.05, 0) is 31.7 Å². The minimum atomic E-state index is 1.14. The Bertz CT molecular complexity index is 362. The smallest absolute Gasteiger partial charge is 0.0442 e. The number of piperazine rings is 1. The molecule has 0 unspecified atom stereocenters. The molecule has 1 saturated heterocycles. The molecule has 4 heteroatoms. The molecular weight excluding hydrogens is 242 g/mol. The number of nitrogens with zero attached hydrogens (tertiary/aromatic N) is 2. The molecule has 2 rings (SSSR count). The van der Waals surface area contributed by atoms with E-state index in [0.717, 1.165) is 5.75 Å². The van der Waals surface area contributed by atoms with Gasteiger partial charge >= 0.3 is 0 Å². The third-order valence-corrected chi connectivity index (χ3v) is 4.08. The number of hydrogen-bond donors (Lipinski definition) is 1. The predicted molar refractivity (Wildman–Crippen MR) is 81.2 cm³/mol.